The molecule has 7 nitrogen and oxygen atoms in total. The van der Waals surface area contributed by atoms with Crippen molar-refractivity contribution in [3.63, 3.8) is 0 Å². The first kappa shape index (κ1) is 24.1. The molecule has 1 aromatic heterocycles. The Hall–Kier alpha value is -0.870. The second-order valence-corrected chi connectivity index (χ2v) is 6.32. The van der Waals surface area contributed by atoms with Crippen molar-refractivity contribution in [1.82, 2.24) is 25.3 Å². The Labute approximate surface area is 169 Å². The number of nitrogens with one attached hydrogen (secondary N) is 2. The Balaban J connectivity index is 0.00000576. The average molecular weight is 466 g/mol. The van der Waals surface area contributed by atoms with E-state index in [9.17, 15) is 5.11 Å². The normalized spacial score (nSPS) is 15.4. The molecule has 0 saturated carbocycles. The van der Waals surface area contributed by atoms with Crippen molar-refractivity contribution >= 4 is 29.9 Å². The molecule has 25 heavy (non-hydrogen) atoms. The minimum atomic E-state index is -1.04. The number of nitrogens with zero attached hydrogens (tertiary/aromatic N) is 4. The van der Waals surface area contributed by atoms with Gasteiger partial charge in [0.05, 0.1) is 12.7 Å². The molecule has 0 aliphatic rings. The van der Waals surface area contributed by atoms with Crippen molar-refractivity contribution < 1.29 is 5.11 Å². The van der Waals surface area contributed by atoms with Gasteiger partial charge in [0.2, 0.25) is 0 Å². The molecule has 0 aliphatic carbocycles. The molecule has 146 valence electrons. The lowest BCUT2D eigenvalue weighted by Crippen LogP contribution is -2.46. The molecular formula is C17H35IN6O. The van der Waals surface area contributed by atoms with Gasteiger partial charge in [0, 0.05) is 37.9 Å². The van der Waals surface area contributed by atoms with Crippen LogP contribution in [0.3, 0.4) is 0 Å². The Bertz CT molecular complexity index is 513. The number of hydrogen-bond acceptors (Lipinski definition) is 4. The molecule has 0 bridgehead atoms. The van der Waals surface area contributed by atoms with Crippen LogP contribution < -0.4 is 10.6 Å². The molecule has 8 heteroatoms. The van der Waals surface area contributed by atoms with Gasteiger partial charge in [-0.1, -0.05) is 13.8 Å². The smallest absolute Gasteiger partial charge is 0.191 e. The topological polar surface area (TPSA) is 77.7 Å². The van der Waals surface area contributed by atoms with Crippen LogP contribution in [0.4, 0.5) is 0 Å². The van der Waals surface area contributed by atoms with Crippen LogP contribution >= 0.6 is 24.0 Å². The molecule has 0 fully saturated rings. The SMILES string of the molecule is CCNC(=NCC(C)(O)c1cnn(C)c1)NCC(C)N(CC)CC.I. The summed E-state index contributed by atoms with van der Waals surface area (Å²) in [6.07, 6.45) is 3.50. The Morgan fingerprint density at radius 1 is 1.36 bits per heavy atom. The summed E-state index contributed by atoms with van der Waals surface area (Å²) in [6.45, 7) is 14.3. The Morgan fingerprint density at radius 3 is 2.48 bits per heavy atom. The highest BCUT2D eigenvalue weighted by Crippen LogP contribution is 2.19. The fourth-order valence-electron chi connectivity index (χ4n) is 2.59. The number of aliphatic imine (C=N–C) groups is 1. The predicted octanol–water partition coefficient (Wildman–Crippen LogP) is 1.53. The largest absolute Gasteiger partial charge is 0.383 e. The maximum Gasteiger partial charge on any atom is 0.191 e. The van der Waals surface area contributed by atoms with Gasteiger partial charge in [0.1, 0.15) is 5.60 Å². The van der Waals surface area contributed by atoms with Crippen molar-refractivity contribution in [3.8, 4) is 0 Å². The number of rotatable bonds is 9. The van der Waals surface area contributed by atoms with E-state index in [4.69, 9.17) is 0 Å². The molecular weight excluding hydrogens is 431 g/mol. The molecule has 1 aromatic rings. The molecule has 2 atom stereocenters. The van der Waals surface area contributed by atoms with Crippen LogP contribution in [0.2, 0.25) is 0 Å². The van der Waals surface area contributed by atoms with E-state index in [2.05, 4.69) is 46.4 Å². The van der Waals surface area contributed by atoms with Crippen LogP contribution in [0.15, 0.2) is 17.4 Å². The van der Waals surface area contributed by atoms with Crippen molar-refractivity contribution in [3.05, 3.63) is 18.0 Å². The summed E-state index contributed by atoms with van der Waals surface area (Å²) in [5.74, 6) is 0.723. The zero-order valence-corrected chi connectivity index (χ0v) is 18.7. The van der Waals surface area contributed by atoms with Crippen LogP contribution in [0.1, 0.15) is 40.2 Å². The Morgan fingerprint density at radius 2 is 2.00 bits per heavy atom. The third-order valence-corrected chi connectivity index (χ3v) is 4.22. The predicted molar refractivity (Wildman–Crippen MR) is 115 cm³/mol. The van der Waals surface area contributed by atoms with Gasteiger partial charge in [-0.2, -0.15) is 5.10 Å². The quantitative estimate of drug-likeness (QED) is 0.293. The minimum absolute atomic E-state index is 0. The van der Waals surface area contributed by atoms with E-state index >= 15 is 0 Å². The molecule has 0 aromatic carbocycles. The molecule has 1 heterocycles. The number of halogens is 1. The van der Waals surface area contributed by atoms with Gasteiger partial charge in [0.15, 0.2) is 5.96 Å². The van der Waals surface area contributed by atoms with Crippen molar-refractivity contribution in [1.29, 1.82) is 0 Å². The first-order chi connectivity index (χ1) is 11.3. The summed E-state index contributed by atoms with van der Waals surface area (Å²) < 4.78 is 1.68. The number of hydrogen-bond donors (Lipinski definition) is 3. The van der Waals surface area contributed by atoms with E-state index in [-0.39, 0.29) is 30.5 Å². The van der Waals surface area contributed by atoms with Crippen LogP contribution in [0.25, 0.3) is 0 Å². The highest BCUT2D eigenvalue weighted by atomic mass is 127. The van der Waals surface area contributed by atoms with Crippen molar-refractivity contribution in [2.24, 2.45) is 12.0 Å². The zero-order chi connectivity index (χ0) is 18.2. The van der Waals surface area contributed by atoms with Crippen LogP contribution in [-0.2, 0) is 12.6 Å². The van der Waals surface area contributed by atoms with E-state index in [1.54, 1.807) is 17.8 Å². The summed E-state index contributed by atoms with van der Waals surface area (Å²) in [7, 11) is 1.84. The molecule has 0 radical (unpaired) electrons. The van der Waals surface area contributed by atoms with Gasteiger partial charge in [-0.3, -0.25) is 9.58 Å². The van der Waals surface area contributed by atoms with Gasteiger partial charge < -0.3 is 15.7 Å². The van der Waals surface area contributed by atoms with Crippen molar-refractivity contribution in [2.45, 2.75) is 46.3 Å². The highest BCUT2D eigenvalue weighted by molar-refractivity contribution is 14.0. The lowest BCUT2D eigenvalue weighted by Gasteiger charge is -2.27. The molecule has 0 aliphatic heterocycles. The average Bonchev–Trinajstić information content (AvgIpc) is 2.98. The first-order valence-electron chi connectivity index (χ1n) is 8.81. The van der Waals surface area contributed by atoms with Crippen LogP contribution in [0, 0.1) is 0 Å². The summed E-state index contributed by atoms with van der Waals surface area (Å²) in [5.41, 5.74) is -0.276. The summed E-state index contributed by atoms with van der Waals surface area (Å²) in [4.78, 5) is 6.93. The number of guanidine groups is 1. The van der Waals surface area contributed by atoms with E-state index in [0.29, 0.717) is 6.04 Å². The van der Waals surface area contributed by atoms with Crippen LogP contribution in [0.5, 0.6) is 0 Å². The number of likely N-dealkylation sites (N-methyl/N-ethyl adjacent to an activating group) is 1. The van der Waals surface area contributed by atoms with E-state index < -0.39 is 5.60 Å². The zero-order valence-electron chi connectivity index (χ0n) is 16.4. The molecule has 3 N–H and O–H groups in total. The number of aryl methyl sites for hydroxylation is 1. The van der Waals surface area contributed by atoms with Gasteiger partial charge in [-0.05, 0) is 33.9 Å². The molecule has 1 rings (SSSR count). The maximum atomic E-state index is 10.6. The molecule has 0 saturated heterocycles. The second-order valence-electron chi connectivity index (χ2n) is 6.32. The second kappa shape index (κ2) is 11.7. The molecule has 2 unspecified atom stereocenters. The third-order valence-electron chi connectivity index (χ3n) is 4.22. The monoisotopic (exact) mass is 466 g/mol. The number of aliphatic hydroxyl groups is 1. The van der Waals surface area contributed by atoms with E-state index in [0.717, 1.165) is 37.7 Å². The van der Waals surface area contributed by atoms with Gasteiger partial charge in [-0.25, -0.2) is 4.99 Å². The summed E-state index contributed by atoms with van der Waals surface area (Å²) in [6, 6.07) is 0.419. The molecule has 0 spiro atoms. The third kappa shape index (κ3) is 7.91. The fourth-order valence-corrected chi connectivity index (χ4v) is 2.59. The van der Waals surface area contributed by atoms with E-state index in [1.807, 2.05) is 20.2 Å². The van der Waals surface area contributed by atoms with Crippen LogP contribution in [-0.4, -0.2) is 64.5 Å². The Kier molecular flexibility index (Phi) is 11.3. The van der Waals surface area contributed by atoms with E-state index in [1.165, 1.54) is 0 Å². The summed E-state index contributed by atoms with van der Waals surface area (Å²) in [5, 5.41) is 21.3. The minimum Gasteiger partial charge on any atom is -0.383 e. The molecule has 0 amide bonds. The van der Waals surface area contributed by atoms with Gasteiger partial charge in [0.25, 0.3) is 0 Å². The highest BCUT2D eigenvalue weighted by Gasteiger charge is 2.24. The van der Waals surface area contributed by atoms with Crippen molar-refractivity contribution in [2.75, 3.05) is 32.7 Å². The fraction of sp³-hybridized carbons (Fsp3) is 0.765. The lowest BCUT2D eigenvalue weighted by molar-refractivity contribution is 0.0671. The standard InChI is InChI=1S/C17H34N6O.HI/c1-7-18-16(19-10-14(4)23(8-2)9-3)20-13-17(5,24)15-11-21-22(6)12-15;/h11-12,14,24H,7-10,13H2,1-6H3,(H2,18,19,20);1H. The lowest BCUT2D eigenvalue weighted by atomic mass is 10.0. The van der Waals surface area contributed by atoms with Gasteiger partial charge >= 0.3 is 0 Å². The van der Waals surface area contributed by atoms with Gasteiger partial charge in [-0.15, -0.1) is 24.0 Å². The summed E-state index contributed by atoms with van der Waals surface area (Å²) >= 11 is 0. The first-order valence-corrected chi connectivity index (χ1v) is 8.81. The number of aromatic nitrogens is 2. The maximum absolute atomic E-state index is 10.6.